The summed E-state index contributed by atoms with van der Waals surface area (Å²) in [5.74, 6) is 1.54. The number of hydrogen-bond donors (Lipinski definition) is 3. The maximum atomic E-state index is 11.7. The van der Waals surface area contributed by atoms with Gasteiger partial charge < -0.3 is 20.3 Å². The molecule has 0 heterocycles. The zero-order valence-corrected chi connectivity index (χ0v) is 18.0. The molecule has 5 nitrogen and oxygen atoms in total. The van der Waals surface area contributed by atoms with Gasteiger partial charge in [-0.05, 0) is 61.2 Å². The predicted octanol–water partition coefficient (Wildman–Crippen LogP) is 4.89. The van der Waals surface area contributed by atoms with E-state index in [2.05, 4.69) is 5.32 Å². The van der Waals surface area contributed by atoms with E-state index < -0.39 is 0 Å². The molecule has 0 bridgehead atoms. The SMILES string of the molecule is CC.CC.Cc1ccc(CCC(=O)NCCO)c(C)c1Oc1ccc(O)cc1. The Kier molecular flexibility index (Phi) is 13.2. The highest BCUT2D eigenvalue weighted by atomic mass is 16.5. The fraction of sp³-hybridized carbons (Fsp3) is 0.435. The summed E-state index contributed by atoms with van der Waals surface area (Å²) < 4.78 is 5.96. The number of phenolic OH excluding ortho intramolecular Hbond substituents is 1. The van der Waals surface area contributed by atoms with Gasteiger partial charge >= 0.3 is 0 Å². The standard InChI is InChI=1S/C19H23NO4.2C2H6/c1-13-3-4-15(5-10-18(23)20-11-12-21)14(2)19(13)24-17-8-6-16(22)7-9-17;2*1-2/h3-4,6-9,21-22H,5,10-12H2,1-2H3,(H,20,23);2*1-2H3. The Balaban J connectivity index is 0.00000171. The lowest BCUT2D eigenvalue weighted by molar-refractivity contribution is -0.121. The van der Waals surface area contributed by atoms with Crippen LogP contribution in [-0.2, 0) is 11.2 Å². The molecular formula is C23H35NO4. The molecule has 0 fully saturated rings. The van der Waals surface area contributed by atoms with Crippen LogP contribution in [-0.4, -0.2) is 29.3 Å². The van der Waals surface area contributed by atoms with E-state index in [4.69, 9.17) is 9.84 Å². The average Bonchev–Trinajstić information content (AvgIpc) is 2.73. The van der Waals surface area contributed by atoms with Crippen molar-refractivity contribution in [2.24, 2.45) is 0 Å². The van der Waals surface area contributed by atoms with E-state index >= 15 is 0 Å². The molecule has 5 heteroatoms. The van der Waals surface area contributed by atoms with Crippen LogP contribution in [0.5, 0.6) is 17.2 Å². The highest BCUT2D eigenvalue weighted by Gasteiger charge is 2.11. The van der Waals surface area contributed by atoms with Crippen LogP contribution in [0, 0.1) is 13.8 Å². The van der Waals surface area contributed by atoms with Gasteiger partial charge in [-0.15, -0.1) is 0 Å². The summed E-state index contributed by atoms with van der Waals surface area (Å²) in [6.07, 6.45) is 0.970. The molecule has 0 saturated heterocycles. The molecule has 0 unspecified atom stereocenters. The third kappa shape index (κ3) is 8.44. The Bertz CT molecular complexity index is 696. The molecule has 0 aliphatic rings. The lowest BCUT2D eigenvalue weighted by atomic mass is 10.00. The van der Waals surface area contributed by atoms with Gasteiger partial charge in [0.2, 0.25) is 5.91 Å². The highest BCUT2D eigenvalue weighted by molar-refractivity contribution is 5.76. The Labute approximate surface area is 169 Å². The number of aryl methyl sites for hydroxylation is 2. The summed E-state index contributed by atoms with van der Waals surface area (Å²) in [5, 5.41) is 20.7. The zero-order chi connectivity index (χ0) is 21.5. The van der Waals surface area contributed by atoms with Gasteiger partial charge in [0, 0.05) is 13.0 Å². The molecule has 2 rings (SSSR count). The van der Waals surface area contributed by atoms with E-state index in [1.54, 1.807) is 24.3 Å². The van der Waals surface area contributed by atoms with Crippen LogP contribution in [0.3, 0.4) is 0 Å². The first kappa shape index (κ1) is 25.5. The quantitative estimate of drug-likeness (QED) is 0.630. The van der Waals surface area contributed by atoms with Gasteiger partial charge in [0.15, 0.2) is 0 Å². The number of carbonyl (C=O) groups is 1. The van der Waals surface area contributed by atoms with E-state index in [1.165, 1.54) is 0 Å². The number of benzene rings is 2. The fourth-order valence-electron chi connectivity index (χ4n) is 2.46. The largest absolute Gasteiger partial charge is 0.508 e. The number of ether oxygens (including phenoxy) is 1. The van der Waals surface area contributed by atoms with E-state index in [-0.39, 0.29) is 24.8 Å². The number of rotatable bonds is 7. The molecule has 156 valence electrons. The van der Waals surface area contributed by atoms with Gasteiger partial charge in [0.1, 0.15) is 17.2 Å². The number of aliphatic hydroxyl groups excluding tert-OH is 1. The molecule has 0 saturated carbocycles. The second-order valence-corrected chi connectivity index (χ2v) is 5.67. The van der Waals surface area contributed by atoms with Crippen molar-refractivity contribution in [3.8, 4) is 17.2 Å². The van der Waals surface area contributed by atoms with Crippen LogP contribution in [0.25, 0.3) is 0 Å². The molecule has 0 aliphatic heterocycles. The number of aliphatic hydroxyl groups is 1. The summed E-state index contributed by atoms with van der Waals surface area (Å²) in [7, 11) is 0. The Morgan fingerprint density at radius 3 is 2.18 bits per heavy atom. The van der Waals surface area contributed by atoms with E-state index in [1.807, 2.05) is 53.7 Å². The highest BCUT2D eigenvalue weighted by Crippen LogP contribution is 2.32. The Hall–Kier alpha value is -2.53. The Morgan fingerprint density at radius 1 is 1.00 bits per heavy atom. The smallest absolute Gasteiger partial charge is 0.220 e. The van der Waals surface area contributed by atoms with Crippen molar-refractivity contribution < 1.29 is 19.7 Å². The van der Waals surface area contributed by atoms with Gasteiger partial charge in [-0.2, -0.15) is 0 Å². The maximum Gasteiger partial charge on any atom is 0.220 e. The van der Waals surface area contributed by atoms with Crippen molar-refractivity contribution >= 4 is 5.91 Å². The van der Waals surface area contributed by atoms with Crippen molar-refractivity contribution in [3.05, 3.63) is 53.1 Å². The second kappa shape index (κ2) is 14.5. The minimum atomic E-state index is -0.0787. The summed E-state index contributed by atoms with van der Waals surface area (Å²) in [5.41, 5.74) is 3.06. The minimum absolute atomic E-state index is 0.0556. The first-order valence-corrected chi connectivity index (χ1v) is 9.94. The van der Waals surface area contributed by atoms with Crippen molar-refractivity contribution in [3.63, 3.8) is 0 Å². The van der Waals surface area contributed by atoms with Gasteiger partial charge in [-0.3, -0.25) is 4.79 Å². The third-order valence-corrected chi connectivity index (χ3v) is 3.83. The van der Waals surface area contributed by atoms with Crippen molar-refractivity contribution in [1.82, 2.24) is 5.32 Å². The molecule has 28 heavy (non-hydrogen) atoms. The maximum absolute atomic E-state index is 11.7. The lowest BCUT2D eigenvalue weighted by Crippen LogP contribution is -2.26. The molecular weight excluding hydrogens is 354 g/mol. The number of nitrogens with one attached hydrogen (secondary N) is 1. The van der Waals surface area contributed by atoms with E-state index in [9.17, 15) is 9.90 Å². The summed E-state index contributed by atoms with van der Waals surface area (Å²) in [6, 6.07) is 10.6. The normalized spacial score (nSPS) is 9.39. The van der Waals surface area contributed by atoms with E-state index in [0.717, 1.165) is 22.4 Å². The first-order valence-electron chi connectivity index (χ1n) is 9.94. The number of phenols is 1. The number of carbonyl (C=O) groups excluding carboxylic acids is 1. The molecule has 2 aromatic rings. The van der Waals surface area contributed by atoms with Crippen molar-refractivity contribution in [2.45, 2.75) is 54.4 Å². The molecule has 3 N–H and O–H groups in total. The van der Waals surface area contributed by atoms with Gasteiger partial charge in [0.25, 0.3) is 0 Å². The number of amides is 1. The van der Waals surface area contributed by atoms with Crippen LogP contribution >= 0.6 is 0 Å². The third-order valence-electron chi connectivity index (χ3n) is 3.83. The zero-order valence-electron chi connectivity index (χ0n) is 18.0. The average molecular weight is 390 g/mol. The van der Waals surface area contributed by atoms with Crippen LogP contribution < -0.4 is 10.1 Å². The van der Waals surface area contributed by atoms with Crippen LogP contribution in [0.15, 0.2) is 36.4 Å². The molecule has 0 spiro atoms. The van der Waals surface area contributed by atoms with Crippen LogP contribution in [0.2, 0.25) is 0 Å². The van der Waals surface area contributed by atoms with Gasteiger partial charge in [-0.25, -0.2) is 0 Å². The van der Waals surface area contributed by atoms with Crippen LogP contribution in [0.4, 0.5) is 0 Å². The first-order chi connectivity index (χ1) is 13.5. The molecule has 0 aromatic heterocycles. The van der Waals surface area contributed by atoms with Crippen molar-refractivity contribution in [1.29, 1.82) is 0 Å². The van der Waals surface area contributed by atoms with Crippen LogP contribution in [0.1, 0.15) is 50.8 Å². The van der Waals surface area contributed by atoms with E-state index in [0.29, 0.717) is 18.6 Å². The Morgan fingerprint density at radius 2 is 1.61 bits per heavy atom. The molecule has 0 aliphatic carbocycles. The summed E-state index contributed by atoms with van der Waals surface area (Å²) in [6.45, 7) is 12.2. The van der Waals surface area contributed by atoms with Gasteiger partial charge in [0.05, 0.1) is 6.61 Å². The number of hydrogen-bond acceptors (Lipinski definition) is 4. The molecule has 1 amide bonds. The van der Waals surface area contributed by atoms with Gasteiger partial charge in [-0.1, -0.05) is 39.8 Å². The number of aromatic hydroxyl groups is 1. The predicted molar refractivity (Wildman–Crippen MR) is 115 cm³/mol. The topological polar surface area (TPSA) is 78.8 Å². The minimum Gasteiger partial charge on any atom is -0.508 e. The monoisotopic (exact) mass is 389 g/mol. The second-order valence-electron chi connectivity index (χ2n) is 5.67. The lowest BCUT2D eigenvalue weighted by Gasteiger charge is -2.15. The molecule has 2 aromatic carbocycles. The summed E-state index contributed by atoms with van der Waals surface area (Å²) in [4.78, 5) is 11.7. The summed E-state index contributed by atoms with van der Waals surface area (Å²) >= 11 is 0. The molecule has 0 atom stereocenters. The fourth-order valence-corrected chi connectivity index (χ4v) is 2.46. The molecule has 0 radical (unpaired) electrons. The van der Waals surface area contributed by atoms with Crippen molar-refractivity contribution in [2.75, 3.05) is 13.2 Å².